The van der Waals surface area contributed by atoms with Gasteiger partial charge in [0.1, 0.15) is 5.60 Å². The molecule has 1 aromatic carbocycles. The third-order valence-corrected chi connectivity index (χ3v) is 6.24. The molecule has 10 nitrogen and oxygen atoms in total. The summed E-state index contributed by atoms with van der Waals surface area (Å²) in [4.78, 5) is 21.9. The second-order valence-electron chi connectivity index (χ2n) is 10.7. The van der Waals surface area contributed by atoms with Crippen LogP contribution in [-0.4, -0.2) is 50.5 Å². The predicted molar refractivity (Wildman–Crippen MR) is 145 cm³/mol. The maximum absolute atomic E-state index is 12.3. The Morgan fingerprint density at radius 1 is 1.19 bits per heavy atom. The highest BCUT2D eigenvalue weighted by Crippen LogP contribution is 2.24. The number of nitrogens with zero attached hydrogens (tertiary/aromatic N) is 4. The lowest BCUT2D eigenvalue weighted by atomic mass is 10.0. The van der Waals surface area contributed by atoms with Gasteiger partial charge in [0.2, 0.25) is 11.9 Å². The van der Waals surface area contributed by atoms with Crippen molar-refractivity contribution in [3.05, 3.63) is 41.1 Å². The molecular weight excluding hydrogens is 470 g/mol. The number of carbonyl (C=O) groups excluding carboxylic acids is 1. The molecule has 37 heavy (non-hydrogen) atoms. The van der Waals surface area contributed by atoms with Crippen molar-refractivity contribution in [1.29, 1.82) is 0 Å². The van der Waals surface area contributed by atoms with Crippen molar-refractivity contribution in [1.82, 2.24) is 19.6 Å². The zero-order chi connectivity index (χ0) is 26.6. The van der Waals surface area contributed by atoms with Crippen molar-refractivity contribution in [3.63, 3.8) is 0 Å². The van der Waals surface area contributed by atoms with E-state index in [0.717, 1.165) is 49.3 Å². The van der Waals surface area contributed by atoms with Crippen LogP contribution in [0.5, 0.6) is 0 Å². The molecule has 1 aliphatic heterocycles. The first-order valence-electron chi connectivity index (χ1n) is 13.1. The molecule has 0 atom stereocenters. The number of hydrogen-bond donors (Lipinski definition) is 3. The number of benzene rings is 1. The molecule has 1 fully saturated rings. The Morgan fingerprint density at radius 2 is 1.95 bits per heavy atom. The van der Waals surface area contributed by atoms with Gasteiger partial charge in [0, 0.05) is 37.1 Å². The van der Waals surface area contributed by atoms with Gasteiger partial charge in [0.15, 0.2) is 5.65 Å². The van der Waals surface area contributed by atoms with E-state index < -0.39 is 11.7 Å². The minimum atomic E-state index is -0.564. The number of carbonyl (C=O) groups is 1. The lowest BCUT2D eigenvalue weighted by Crippen LogP contribution is -2.29. The van der Waals surface area contributed by atoms with E-state index in [4.69, 9.17) is 19.4 Å². The van der Waals surface area contributed by atoms with E-state index in [1.165, 1.54) is 5.56 Å². The number of aromatic nitrogens is 4. The van der Waals surface area contributed by atoms with Crippen LogP contribution >= 0.6 is 0 Å². The van der Waals surface area contributed by atoms with Gasteiger partial charge >= 0.3 is 6.09 Å². The molecule has 2 aromatic heterocycles. The topological polar surface area (TPSA) is 115 Å². The molecule has 3 N–H and O–H groups in total. The molecule has 10 heteroatoms. The number of fused-ring (bicyclic) bond motifs is 1. The molecule has 3 aromatic rings. The van der Waals surface area contributed by atoms with Crippen molar-refractivity contribution in [2.45, 2.75) is 84.9 Å². The third-order valence-electron chi connectivity index (χ3n) is 6.24. The third kappa shape index (κ3) is 6.88. The highest BCUT2D eigenvalue weighted by Gasteiger charge is 2.20. The summed E-state index contributed by atoms with van der Waals surface area (Å²) in [6, 6.07) is 6.17. The normalized spacial score (nSPS) is 14.7. The van der Waals surface area contributed by atoms with Crippen LogP contribution < -0.4 is 16.0 Å². The monoisotopic (exact) mass is 509 g/mol. The summed E-state index contributed by atoms with van der Waals surface area (Å²) in [5.41, 5.74) is 4.20. The fraction of sp³-hybridized carbons (Fsp3) is 0.556. The van der Waals surface area contributed by atoms with E-state index in [9.17, 15) is 4.79 Å². The van der Waals surface area contributed by atoms with Gasteiger partial charge in [0.05, 0.1) is 6.20 Å². The Kier molecular flexibility index (Phi) is 8.16. The second kappa shape index (κ2) is 11.3. The number of amides is 1. The van der Waals surface area contributed by atoms with Gasteiger partial charge in [-0.1, -0.05) is 26.8 Å². The minimum Gasteiger partial charge on any atom is -0.444 e. The van der Waals surface area contributed by atoms with Gasteiger partial charge in [-0.25, -0.2) is 4.79 Å². The SMILES string of the molecule is CCc1ccc(NC(=O)OC(C)(C)C)cc1CNc1nc(NC2CCOCC2)nc2c(C(C)C)cnn12. The molecule has 1 amide bonds. The van der Waals surface area contributed by atoms with Gasteiger partial charge in [-0.15, -0.1) is 0 Å². The minimum absolute atomic E-state index is 0.275. The molecule has 1 aliphatic rings. The summed E-state index contributed by atoms with van der Waals surface area (Å²) >= 11 is 0. The molecule has 200 valence electrons. The van der Waals surface area contributed by atoms with E-state index in [2.05, 4.69) is 41.8 Å². The van der Waals surface area contributed by atoms with Crippen molar-refractivity contribution >= 4 is 29.3 Å². The van der Waals surface area contributed by atoms with Crippen molar-refractivity contribution in [2.75, 3.05) is 29.2 Å². The molecule has 0 aliphatic carbocycles. The quantitative estimate of drug-likeness (QED) is 0.372. The predicted octanol–water partition coefficient (Wildman–Crippen LogP) is 5.36. The highest BCUT2D eigenvalue weighted by molar-refractivity contribution is 5.85. The molecule has 3 heterocycles. The molecule has 4 rings (SSSR count). The first kappa shape index (κ1) is 26.7. The highest BCUT2D eigenvalue weighted by atomic mass is 16.6. The number of ether oxygens (including phenoxy) is 2. The van der Waals surface area contributed by atoms with E-state index in [0.29, 0.717) is 24.1 Å². The first-order chi connectivity index (χ1) is 17.6. The Hall–Kier alpha value is -3.40. The number of nitrogens with one attached hydrogen (secondary N) is 3. The van der Waals surface area contributed by atoms with Crippen LogP contribution in [0.15, 0.2) is 24.4 Å². The fourth-order valence-electron chi connectivity index (χ4n) is 4.31. The van der Waals surface area contributed by atoms with Gasteiger partial charge in [-0.2, -0.15) is 19.6 Å². The molecule has 1 saturated heterocycles. The Balaban J connectivity index is 1.59. The summed E-state index contributed by atoms with van der Waals surface area (Å²) < 4.78 is 12.7. The number of aryl methyl sites for hydroxylation is 1. The summed E-state index contributed by atoms with van der Waals surface area (Å²) in [5.74, 6) is 1.47. The maximum atomic E-state index is 12.3. The van der Waals surface area contributed by atoms with Crippen molar-refractivity contribution in [2.24, 2.45) is 0 Å². The first-order valence-corrected chi connectivity index (χ1v) is 13.1. The smallest absolute Gasteiger partial charge is 0.412 e. The van der Waals surface area contributed by atoms with E-state index in [1.807, 2.05) is 45.2 Å². The van der Waals surface area contributed by atoms with Gasteiger partial charge in [0.25, 0.3) is 0 Å². The van der Waals surface area contributed by atoms with Gasteiger partial charge < -0.3 is 20.1 Å². The zero-order valence-corrected chi connectivity index (χ0v) is 22.7. The van der Waals surface area contributed by atoms with Gasteiger partial charge in [-0.05, 0) is 69.2 Å². The Bertz CT molecular complexity index is 1230. The van der Waals surface area contributed by atoms with Crippen LogP contribution in [-0.2, 0) is 22.4 Å². The van der Waals surface area contributed by atoms with Crippen LogP contribution in [0.3, 0.4) is 0 Å². The molecular formula is C27H39N7O3. The van der Waals surface area contributed by atoms with Crippen LogP contribution in [0.2, 0.25) is 0 Å². The lowest BCUT2D eigenvalue weighted by molar-refractivity contribution is 0.0636. The van der Waals surface area contributed by atoms with Crippen molar-refractivity contribution < 1.29 is 14.3 Å². The average Bonchev–Trinajstić information content (AvgIpc) is 3.26. The average molecular weight is 510 g/mol. The van der Waals surface area contributed by atoms with Crippen LogP contribution in [0.4, 0.5) is 22.4 Å². The number of anilines is 3. The largest absolute Gasteiger partial charge is 0.444 e. The second-order valence-corrected chi connectivity index (χ2v) is 10.7. The summed E-state index contributed by atoms with van der Waals surface area (Å²) in [6.45, 7) is 13.9. The Labute approximate surface area is 218 Å². The van der Waals surface area contributed by atoms with E-state index >= 15 is 0 Å². The molecule has 0 unspecified atom stereocenters. The van der Waals surface area contributed by atoms with E-state index in [1.54, 1.807) is 4.52 Å². The molecule has 0 bridgehead atoms. The summed E-state index contributed by atoms with van der Waals surface area (Å²) in [7, 11) is 0. The molecule has 0 saturated carbocycles. The lowest BCUT2D eigenvalue weighted by Gasteiger charge is -2.23. The maximum Gasteiger partial charge on any atom is 0.412 e. The van der Waals surface area contributed by atoms with Crippen LogP contribution in [0.1, 0.15) is 77.0 Å². The zero-order valence-electron chi connectivity index (χ0n) is 22.7. The summed E-state index contributed by atoms with van der Waals surface area (Å²) in [5, 5.41) is 14.4. The molecule has 0 radical (unpaired) electrons. The standard InChI is InChI=1S/C27H39N7O3/c1-7-18-8-9-21(31-26(35)37-27(4,5)6)14-19(18)15-28-25-33-24(30-20-10-12-36-13-11-20)32-23-22(17(2)3)16-29-34(23)25/h8-9,14,16-17,20H,7,10-13,15H2,1-6H3,(H,31,35)(H2,28,30,32,33). The fourth-order valence-corrected chi connectivity index (χ4v) is 4.31. The van der Waals surface area contributed by atoms with Crippen molar-refractivity contribution in [3.8, 4) is 0 Å². The van der Waals surface area contributed by atoms with E-state index in [-0.39, 0.29) is 12.0 Å². The summed E-state index contributed by atoms with van der Waals surface area (Å²) in [6.07, 6.45) is 4.09. The number of rotatable bonds is 8. The molecule has 0 spiro atoms. The van der Waals surface area contributed by atoms with Crippen LogP contribution in [0.25, 0.3) is 5.65 Å². The number of hydrogen-bond acceptors (Lipinski definition) is 8. The Morgan fingerprint density at radius 3 is 2.62 bits per heavy atom. The van der Waals surface area contributed by atoms with Gasteiger partial charge in [-0.3, -0.25) is 5.32 Å². The van der Waals surface area contributed by atoms with Crippen LogP contribution in [0, 0.1) is 0 Å².